The number of benzene rings is 2. The van der Waals surface area contributed by atoms with Crippen molar-refractivity contribution in [3.8, 4) is 0 Å². The van der Waals surface area contributed by atoms with Gasteiger partial charge in [0.05, 0.1) is 5.52 Å². The van der Waals surface area contributed by atoms with Crippen molar-refractivity contribution in [1.82, 2.24) is 14.8 Å². The summed E-state index contributed by atoms with van der Waals surface area (Å²) >= 11 is 6.07. The van der Waals surface area contributed by atoms with Crippen LogP contribution in [0.4, 0.5) is 0 Å². The molecule has 4 nitrogen and oxygen atoms in total. The van der Waals surface area contributed by atoms with E-state index in [0.29, 0.717) is 18.0 Å². The monoisotopic (exact) mass is 379 g/mol. The Kier molecular flexibility index (Phi) is 5.37. The number of hydrogen-bond acceptors (Lipinski definition) is 3. The zero-order valence-corrected chi connectivity index (χ0v) is 15.9. The van der Waals surface area contributed by atoms with Gasteiger partial charge in [0.25, 0.3) is 0 Å². The third kappa shape index (κ3) is 4.29. The summed E-state index contributed by atoms with van der Waals surface area (Å²) < 4.78 is 0. The Morgan fingerprint density at radius 2 is 1.81 bits per heavy atom. The number of aromatic nitrogens is 1. The van der Waals surface area contributed by atoms with Gasteiger partial charge in [-0.25, -0.2) is 0 Å². The van der Waals surface area contributed by atoms with Crippen molar-refractivity contribution >= 4 is 28.4 Å². The minimum absolute atomic E-state index is 0.202. The zero-order valence-electron chi connectivity index (χ0n) is 15.1. The van der Waals surface area contributed by atoms with Gasteiger partial charge in [-0.3, -0.25) is 14.7 Å². The van der Waals surface area contributed by atoms with Gasteiger partial charge in [0.1, 0.15) is 0 Å². The molecule has 138 valence electrons. The average Bonchev–Trinajstić information content (AvgIpc) is 2.85. The summed E-state index contributed by atoms with van der Waals surface area (Å²) in [5.41, 5.74) is 3.33. The maximum Gasteiger partial charge on any atom is 0.224 e. The van der Waals surface area contributed by atoms with Crippen LogP contribution in [0.25, 0.3) is 10.9 Å². The Balaban J connectivity index is 1.45. The number of para-hydroxylation sites is 1. The van der Waals surface area contributed by atoms with E-state index < -0.39 is 0 Å². The van der Waals surface area contributed by atoms with Crippen LogP contribution in [-0.4, -0.2) is 40.3 Å². The summed E-state index contributed by atoms with van der Waals surface area (Å²) in [6, 6.07) is 18.1. The normalized spacial score (nSPS) is 15.9. The fourth-order valence-electron chi connectivity index (χ4n) is 3.63. The SMILES string of the molecule is O=C1CCN(Cc2cccc3cccnc23)CCN1Cc1cccc(Cl)c1. The van der Waals surface area contributed by atoms with Crippen LogP contribution in [0.1, 0.15) is 17.5 Å². The first-order chi connectivity index (χ1) is 13.2. The van der Waals surface area contributed by atoms with Crippen molar-refractivity contribution in [2.24, 2.45) is 0 Å². The molecule has 1 fully saturated rings. The highest BCUT2D eigenvalue weighted by molar-refractivity contribution is 6.30. The molecule has 0 bridgehead atoms. The molecule has 4 rings (SSSR count). The number of pyridine rings is 1. The van der Waals surface area contributed by atoms with E-state index in [0.717, 1.165) is 42.6 Å². The van der Waals surface area contributed by atoms with E-state index in [1.54, 1.807) is 0 Å². The van der Waals surface area contributed by atoms with Gasteiger partial charge < -0.3 is 4.90 Å². The molecule has 3 aromatic rings. The molecule has 0 atom stereocenters. The highest BCUT2D eigenvalue weighted by atomic mass is 35.5. The van der Waals surface area contributed by atoms with Gasteiger partial charge in [0, 0.05) is 55.8 Å². The Morgan fingerprint density at radius 3 is 2.70 bits per heavy atom. The van der Waals surface area contributed by atoms with E-state index in [1.165, 1.54) is 5.56 Å². The molecule has 0 unspecified atom stereocenters. The number of fused-ring (bicyclic) bond motifs is 1. The van der Waals surface area contributed by atoms with E-state index in [-0.39, 0.29) is 5.91 Å². The Labute approximate surface area is 164 Å². The summed E-state index contributed by atoms with van der Waals surface area (Å²) in [6.07, 6.45) is 2.38. The second-order valence-corrected chi connectivity index (χ2v) is 7.40. The third-order valence-corrected chi connectivity index (χ3v) is 5.29. The van der Waals surface area contributed by atoms with Crippen molar-refractivity contribution in [1.29, 1.82) is 0 Å². The van der Waals surface area contributed by atoms with Crippen molar-refractivity contribution < 1.29 is 4.79 Å². The van der Waals surface area contributed by atoms with Crippen LogP contribution in [0.5, 0.6) is 0 Å². The average molecular weight is 380 g/mol. The third-order valence-electron chi connectivity index (χ3n) is 5.05. The molecule has 0 saturated carbocycles. The minimum Gasteiger partial charge on any atom is -0.337 e. The van der Waals surface area contributed by atoms with Crippen LogP contribution in [-0.2, 0) is 17.9 Å². The lowest BCUT2D eigenvalue weighted by Gasteiger charge is -2.22. The summed E-state index contributed by atoms with van der Waals surface area (Å²) in [7, 11) is 0. The van der Waals surface area contributed by atoms with E-state index in [9.17, 15) is 4.79 Å². The lowest BCUT2D eigenvalue weighted by molar-refractivity contribution is -0.130. The molecule has 27 heavy (non-hydrogen) atoms. The van der Waals surface area contributed by atoms with Gasteiger partial charge in [-0.15, -0.1) is 0 Å². The Morgan fingerprint density at radius 1 is 0.963 bits per heavy atom. The number of halogens is 1. The zero-order chi connectivity index (χ0) is 18.6. The highest BCUT2D eigenvalue weighted by Crippen LogP contribution is 2.19. The van der Waals surface area contributed by atoms with Crippen molar-refractivity contribution in [3.05, 3.63) is 76.9 Å². The molecule has 0 N–H and O–H groups in total. The standard InChI is InChI=1S/C22H22ClN3O/c23-20-8-1-4-17(14-20)15-26-13-12-25(11-9-21(26)27)16-19-6-2-5-18-7-3-10-24-22(18)19/h1-8,10,14H,9,11-13,15-16H2. The number of carbonyl (C=O) groups is 1. The van der Waals surface area contributed by atoms with Crippen molar-refractivity contribution in [2.45, 2.75) is 19.5 Å². The largest absolute Gasteiger partial charge is 0.337 e. The summed E-state index contributed by atoms with van der Waals surface area (Å²) in [5, 5.41) is 1.86. The molecule has 1 amide bonds. The van der Waals surface area contributed by atoms with Gasteiger partial charge in [-0.1, -0.05) is 48.0 Å². The van der Waals surface area contributed by atoms with E-state index >= 15 is 0 Å². The maximum atomic E-state index is 12.6. The molecule has 0 aliphatic carbocycles. The van der Waals surface area contributed by atoms with Crippen LogP contribution in [0.2, 0.25) is 5.02 Å². The number of amides is 1. The smallest absolute Gasteiger partial charge is 0.224 e. The molecule has 1 aliphatic rings. The molecule has 2 aromatic carbocycles. The number of nitrogens with zero attached hydrogens (tertiary/aromatic N) is 3. The topological polar surface area (TPSA) is 36.4 Å². The molecule has 1 aromatic heterocycles. The van der Waals surface area contributed by atoms with Crippen LogP contribution >= 0.6 is 11.6 Å². The molecule has 1 aliphatic heterocycles. The molecule has 1 saturated heterocycles. The first-order valence-corrected chi connectivity index (χ1v) is 9.64. The van der Waals surface area contributed by atoms with Gasteiger partial charge in [0.15, 0.2) is 0 Å². The van der Waals surface area contributed by atoms with Crippen LogP contribution in [0.15, 0.2) is 60.8 Å². The highest BCUT2D eigenvalue weighted by Gasteiger charge is 2.21. The lowest BCUT2D eigenvalue weighted by Crippen LogP contribution is -2.32. The van der Waals surface area contributed by atoms with Gasteiger partial charge in [0.2, 0.25) is 5.91 Å². The first kappa shape index (κ1) is 18.0. The van der Waals surface area contributed by atoms with Crippen molar-refractivity contribution in [2.75, 3.05) is 19.6 Å². The second kappa shape index (κ2) is 8.07. The van der Waals surface area contributed by atoms with Crippen LogP contribution in [0.3, 0.4) is 0 Å². The lowest BCUT2D eigenvalue weighted by atomic mass is 10.1. The van der Waals surface area contributed by atoms with Crippen LogP contribution < -0.4 is 0 Å². The quantitative estimate of drug-likeness (QED) is 0.684. The number of rotatable bonds is 4. The Hall–Kier alpha value is -2.43. The molecule has 0 radical (unpaired) electrons. The van der Waals surface area contributed by atoms with Crippen LogP contribution in [0, 0.1) is 0 Å². The Bertz CT molecular complexity index is 954. The maximum absolute atomic E-state index is 12.6. The number of hydrogen-bond donors (Lipinski definition) is 0. The predicted octanol–water partition coefficient (Wildman–Crippen LogP) is 4.12. The second-order valence-electron chi connectivity index (χ2n) is 6.96. The van der Waals surface area contributed by atoms with E-state index in [2.05, 4.69) is 34.1 Å². The van der Waals surface area contributed by atoms with Crippen molar-refractivity contribution in [3.63, 3.8) is 0 Å². The minimum atomic E-state index is 0.202. The summed E-state index contributed by atoms with van der Waals surface area (Å²) in [5.74, 6) is 0.202. The first-order valence-electron chi connectivity index (χ1n) is 9.26. The summed E-state index contributed by atoms with van der Waals surface area (Å²) in [4.78, 5) is 21.4. The predicted molar refractivity (Wildman–Crippen MR) is 109 cm³/mol. The summed E-state index contributed by atoms with van der Waals surface area (Å²) in [6.45, 7) is 3.78. The molecular weight excluding hydrogens is 358 g/mol. The molecule has 2 heterocycles. The fraction of sp³-hybridized carbons (Fsp3) is 0.273. The fourth-order valence-corrected chi connectivity index (χ4v) is 3.84. The molecule has 5 heteroatoms. The molecular formula is C22H22ClN3O. The van der Waals surface area contributed by atoms with Gasteiger partial charge >= 0.3 is 0 Å². The van der Waals surface area contributed by atoms with E-state index in [4.69, 9.17) is 11.6 Å². The molecule has 0 spiro atoms. The number of carbonyl (C=O) groups excluding carboxylic acids is 1. The van der Waals surface area contributed by atoms with Gasteiger partial charge in [-0.05, 0) is 29.3 Å². The van der Waals surface area contributed by atoms with Gasteiger partial charge in [-0.2, -0.15) is 0 Å². The van der Waals surface area contributed by atoms with E-state index in [1.807, 2.05) is 41.4 Å².